The molecule has 0 saturated heterocycles. The zero-order valence-electron chi connectivity index (χ0n) is 13.4. The third-order valence-corrected chi connectivity index (χ3v) is 5.04. The van der Waals surface area contributed by atoms with Crippen LogP contribution in [0.15, 0.2) is 42.9 Å². The lowest BCUT2D eigenvalue weighted by atomic mass is 9.96. The van der Waals surface area contributed by atoms with Gasteiger partial charge in [0.25, 0.3) is 0 Å². The predicted octanol–water partition coefficient (Wildman–Crippen LogP) is 3.74. The van der Waals surface area contributed by atoms with Crippen LogP contribution in [-0.4, -0.2) is 19.5 Å². The van der Waals surface area contributed by atoms with Gasteiger partial charge >= 0.3 is 0 Å². The highest BCUT2D eigenvalue weighted by atomic mass is 15.1. The largest absolute Gasteiger partial charge is 0.383 e. The van der Waals surface area contributed by atoms with Crippen molar-refractivity contribution in [2.24, 2.45) is 0 Å². The molecule has 0 amide bonds. The molecule has 5 rings (SSSR count). The van der Waals surface area contributed by atoms with E-state index in [9.17, 15) is 0 Å². The van der Waals surface area contributed by atoms with E-state index in [0.29, 0.717) is 11.7 Å². The van der Waals surface area contributed by atoms with Gasteiger partial charge in [0.1, 0.15) is 17.8 Å². The minimum Gasteiger partial charge on any atom is -0.383 e. The number of hydrogen-bond acceptors (Lipinski definition) is 4. The Morgan fingerprint density at radius 2 is 2.04 bits per heavy atom. The molecule has 118 valence electrons. The number of nitrogens with zero attached hydrogens (tertiary/aromatic N) is 4. The Morgan fingerprint density at radius 3 is 2.96 bits per heavy atom. The molecule has 5 nitrogen and oxygen atoms in total. The number of aryl methyl sites for hydroxylation is 1. The summed E-state index contributed by atoms with van der Waals surface area (Å²) in [5.74, 6) is 1.01. The average molecular weight is 315 g/mol. The van der Waals surface area contributed by atoms with Crippen molar-refractivity contribution < 1.29 is 0 Å². The van der Waals surface area contributed by atoms with Crippen LogP contribution >= 0.6 is 0 Å². The second kappa shape index (κ2) is 4.77. The number of nitrogens with two attached hydrogens (primary N) is 1. The summed E-state index contributed by atoms with van der Waals surface area (Å²) in [6.07, 6.45) is 4.62. The molecule has 0 bridgehead atoms. The molecule has 1 aliphatic rings. The van der Waals surface area contributed by atoms with Crippen LogP contribution in [0.4, 0.5) is 5.82 Å². The molecule has 1 aromatic carbocycles. The molecule has 3 aromatic heterocycles. The quantitative estimate of drug-likeness (QED) is 0.581. The van der Waals surface area contributed by atoms with Crippen molar-refractivity contribution in [3.05, 3.63) is 48.5 Å². The molecule has 2 N–H and O–H groups in total. The van der Waals surface area contributed by atoms with E-state index in [-0.39, 0.29) is 0 Å². The average Bonchev–Trinajstić information content (AvgIpc) is 3.14. The van der Waals surface area contributed by atoms with Gasteiger partial charge in [0, 0.05) is 34.9 Å². The highest BCUT2D eigenvalue weighted by Gasteiger charge is 2.29. The fourth-order valence-electron chi connectivity index (χ4n) is 3.91. The molecule has 4 aromatic rings. The minimum atomic E-state index is 0.472. The molecular weight excluding hydrogens is 298 g/mol. The summed E-state index contributed by atoms with van der Waals surface area (Å²) < 4.78 is 2.29. The smallest absolute Gasteiger partial charge is 0.146 e. The Balaban J connectivity index is 1.90. The van der Waals surface area contributed by atoms with Crippen LogP contribution in [0.5, 0.6) is 0 Å². The van der Waals surface area contributed by atoms with Crippen LogP contribution in [0.2, 0.25) is 0 Å². The molecule has 0 aliphatic carbocycles. The highest BCUT2D eigenvalue weighted by Crippen LogP contribution is 2.44. The summed E-state index contributed by atoms with van der Waals surface area (Å²) in [4.78, 5) is 13.4. The number of aromatic nitrogens is 4. The molecule has 0 radical (unpaired) electrons. The number of rotatable bonds is 1. The van der Waals surface area contributed by atoms with Crippen molar-refractivity contribution in [2.75, 3.05) is 5.73 Å². The highest BCUT2D eigenvalue weighted by molar-refractivity contribution is 6.03. The first-order valence-corrected chi connectivity index (χ1v) is 8.22. The topological polar surface area (TPSA) is 69.6 Å². The van der Waals surface area contributed by atoms with Crippen molar-refractivity contribution in [2.45, 2.75) is 25.8 Å². The van der Waals surface area contributed by atoms with Crippen molar-refractivity contribution in [3.63, 3.8) is 0 Å². The lowest BCUT2D eigenvalue weighted by Gasteiger charge is -2.09. The molecule has 1 atom stereocenters. The standard InChI is InChI=1S/C19H17N5/c1-11-6-7-24-17(11)15(16-18(20)22-10-23-19(16)24)13-8-12-4-2-3-5-14(12)21-9-13/h2-5,8-11H,6-7H2,1H3,(H2,20,22,23). The second-order valence-electron chi connectivity index (χ2n) is 6.48. The Labute approximate surface area is 139 Å². The minimum absolute atomic E-state index is 0.472. The third-order valence-electron chi connectivity index (χ3n) is 5.04. The predicted molar refractivity (Wildman–Crippen MR) is 95.7 cm³/mol. The van der Waals surface area contributed by atoms with Gasteiger partial charge < -0.3 is 10.3 Å². The monoisotopic (exact) mass is 315 g/mol. The maximum Gasteiger partial charge on any atom is 0.146 e. The number of para-hydroxylation sites is 1. The first kappa shape index (κ1) is 13.5. The summed E-state index contributed by atoms with van der Waals surface area (Å²) in [7, 11) is 0. The molecule has 4 heterocycles. The van der Waals surface area contributed by atoms with Crippen molar-refractivity contribution in [3.8, 4) is 11.1 Å². The molecule has 0 spiro atoms. The van der Waals surface area contributed by atoms with Gasteiger partial charge in [-0.2, -0.15) is 0 Å². The van der Waals surface area contributed by atoms with Crippen molar-refractivity contribution in [1.29, 1.82) is 0 Å². The van der Waals surface area contributed by atoms with E-state index in [4.69, 9.17) is 5.73 Å². The summed E-state index contributed by atoms with van der Waals surface area (Å²) in [6.45, 7) is 3.24. The summed E-state index contributed by atoms with van der Waals surface area (Å²) >= 11 is 0. The molecule has 0 saturated carbocycles. The van der Waals surface area contributed by atoms with Gasteiger partial charge in [0.05, 0.1) is 10.9 Å². The lowest BCUT2D eigenvalue weighted by Crippen LogP contribution is -1.96. The van der Waals surface area contributed by atoms with E-state index in [1.807, 2.05) is 24.4 Å². The fourth-order valence-corrected chi connectivity index (χ4v) is 3.91. The fraction of sp³-hybridized carbons (Fsp3) is 0.211. The van der Waals surface area contributed by atoms with Crippen LogP contribution in [0.25, 0.3) is 33.1 Å². The van der Waals surface area contributed by atoms with E-state index in [1.54, 1.807) is 6.33 Å². The number of hydrogen-bond donors (Lipinski definition) is 1. The van der Waals surface area contributed by atoms with E-state index in [0.717, 1.165) is 46.0 Å². The normalized spacial score (nSPS) is 16.8. The van der Waals surface area contributed by atoms with E-state index in [1.165, 1.54) is 5.69 Å². The van der Waals surface area contributed by atoms with Crippen LogP contribution in [0, 0.1) is 0 Å². The van der Waals surface area contributed by atoms with Gasteiger partial charge in [-0.3, -0.25) is 4.98 Å². The van der Waals surface area contributed by atoms with Gasteiger partial charge in [0.2, 0.25) is 0 Å². The molecular formula is C19H17N5. The SMILES string of the molecule is CC1CCn2c1c(-c1cnc3ccccc3c1)c1c(N)ncnc12. The summed E-state index contributed by atoms with van der Waals surface area (Å²) in [6, 6.07) is 10.4. The Morgan fingerprint density at radius 1 is 1.17 bits per heavy atom. The van der Waals surface area contributed by atoms with Gasteiger partial charge in [-0.1, -0.05) is 25.1 Å². The zero-order chi connectivity index (χ0) is 16.3. The second-order valence-corrected chi connectivity index (χ2v) is 6.48. The third kappa shape index (κ3) is 1.72. The molecule has 24 heavy (non-hydrogen) atoms. The number of anilines is 1. The number of fused-ring (bicyclic) bond motifs is 4. The first-order chi connectivity index (χ1) is 11.7. The zero-order valence-corrected chi connectivity index (χ0v) is 13.4. The van der Waals surface area contributed by atoms with Crippen molar-refractivity contribution >= 4 is 27.8 Å². The first-order valence-electron chi connectivity index (χ1n) is 8.22. The lowest BCUT2D eigenvalue weighted by molar-refractivity contribution is 0.711. The van der Waals surface area contributed by atoms with E-state index in [2.05, 4.69) is 38.6 Å². The van der Waals surface area contributed by atoms with E-state index >= 15 is 0 Å². The van der Waals surface area contributed by atoms with E-state index < -0.39 is 0 Å². The van der Waals surface area contributed by atoms with Crippen LogP contribution in [-0.2, 0) is 6.54 Å². The van der Waals surface area contributed by atoms with Gasteiger partial charge in [0.15, 0.2) is 0 Å². The molecule has 5 heteroatoms. The number of pyridine rings is 1. The Kier molecular flexibility index (Phi) is 2.68. The van der Waals surface area contributed by atoms with Gasteiger partial charge in [-0.15, -0.1) is 0 Å². The van der Waals surface area contributed by atoms with Gasteiger partial charge in [-0.25, -0.2) is 9.97 Å². The number of benzene rings is 1. The van der Waals surface area contributed by atoms with Crippen LogP contribution in [0.3, 0.4) is 0 Å². The molecule has 1 aliphatic heterocycles. The Bertz CT molecular complexity index is 1100. The van der Waals surface area contributed by atoms with Crippen molar-refractivity contribution in [1.82, 2.24) is 19.5 Å². The Hall–Kier alpha value is -2.95. The van der Waals surface area contributed by atoms with Crippen LogP contribution < -0.4 is 5.73 Å². The molecule has 0 fully saturated rings. The number of nitrogen functional groups attached to an aromatic ring is 1. The van der Waals surface area contributed by atoms with Gasteiger partial charge in [-0.05, 0) is 24.5 Å². The maximum absolute atomic E-state index is 6.23. The van der Waals surface area contributed by atoms with Crippen LogP contribution in [0.1, 0.15) is 25.0 Å². The summed E-state index contributed by atoms with van der Waals surface area (Å²) in [5, 5.41) is 2.08. The summed E-state index contributed by atoms with van der Waals surface area (Å²) in [5.41, 5.74) is 11.7. The molecule has 1 unspecified atom stereocenters. The maximum atomic E-state index is 6.23.